The third kappa shape index (κ3) is 43.1. The first-order valence-corrected chi connectivity index (χ1v) is 40.7. The van der Waals surface area contributed by atoms with Gasteiger partial charge >= 0.3 is 11.9 Å². The molecule has 0 aliphatic carbocycles. The summed E-state index contributed by atoms with van der Waals surface area (Å²) in [4.78, 5) is 252. The van der Waals surface area contributed by atoms with Gasteiger partial charge in [0.2, 0.25) is 94.5 Å². The molecular weight excluding hydrogens is 1620 g/mol. The van der Waals surface area contributed by atoms with Crippen LogP contribution in [0.1, 0.15) is 159 Å². The predicted octanol–water partition coefficient (Wildman–Crippen LogP) is -7.81. The average molecular weight is 1750 g/mol. The van der Waals surface area contributed by atoms with E-state index in [4.69, 9.17) is 34.4 Å². The van der Waals surface area contributed by atoms with Crippen molar-refractivity contribution in [2.75, 3.05) is 38.5 Å². The molecule has 1 rings (SSSR count). The first-order chi connectivity index (χ1) is 57.0. The number of thiol groups is 1. The number of aliphatic imine (C=N–C) groups is 2. The molecule has 0 aliphatic heterocycles. The number of benzene rings is 1. The van der Waals surface area contributed by atoms with E-state index in [1.807, 2.05) is 0 Å². The molecule has 45 nitrogen and oxygen atoms in total. The van der Waals surface area contributed by atoms with Gasteiger partial charge in [-0.3, -0.25) is 91.5 Å². The van der Waals surface area contributed by atoms with Crippen molar-refractivity contribution in [1.29, 1.82) is 0 Å². The Kier molecular flexibility index (Phi) is 49.9. The number of aliphatic hydroxyl groups excluding tert-OH is 2. The Bertz CT molecular complexity index is 3750. The van der Waals surface area contributed by atoms with Crippen LogP contribution in [0.4, 0.5) is 0 Å². The number of carbonyl (C=O) groups excluding carboxylic acids is 16. The minimum Gasteiger partial charge on any atom is -0.481 e. The third-order valence-electron chi connectivity index (χ3n) is 18.3. The number of nitrogens with one attached hydrogen (secondary N) is 15. The van der Waals surface area contributed by atoms with Crippen molar-refractivity contribution in [3.8, 4) is 0 Å². The molecule has 0 saturated carbocycles. The number of aliphatic carboxylic acids is 2. The summed E-state index contributed by atoms with van der Waals surface area (Å²) in [5, 5.41) is 77.9. The summed E-state index contributed by atoms with van der Waals surface area (Å²) < 4.78 is 0. The maximum atomic E-state index is 14.3. The van der Waals surface area contributed by atoms with Crippen molar-refractivity contribution in [3.05, 3.63) is 35.9 Å². The number of amides is 16. The summed E-state index contributed by atoms with van der Waals surface area (Å²) in [5.74, 6) is -22.1. The van der Waals surface area contributed by atoms with Gasteiger partial charge in [0.05, 0.1) is 44.7 Å². The summed E-state index contributed by atoms with van der Waals surface area (Å²) in [6, 6.07) is -12.1. The van der Waals surface area contributed by atoms with Crippen LogP contribution in [0.2, 0.25) is 0 Å². The van der Waals surface area contributed by atoms with E-state index in [0.29, 0.717) is 12.0 Å². The third-order valence-corrected chi connectivity index (χ3v) is 18.7. The standard InChI is InChI=1S/C76H129N23O22S/c1-13-40(10)59(98-70(116)53(35-122)88-55(103)32-77)71(117)94-48(27-38(6)7)67(113)93-51(30-54(78)102)63(109)85-33-56(104)87-44(21-17-23-83-75(79)80)64(110)99-61(42(12)101)73(119)96-52(31-58(106)107)69(115)90-46(25-36(2)3)62(108)86-34-57(105)97-60(41(11)100)72(118)95-49(28-39(8)9)66(112)91-47(26-37(4)5)65(111)92-50(29-43-19-15-14-16-20-43)68(114)89-45(74(120)121)22-18-24-84-76(81)82/h14-16,19-20,36-42,44-53,59-61,100-101,122H,13,17-18,21-35,77H2,1-12H3,(H2,78,102)(H,85,109)(H,86,108)(H,87,104)(H,88,103)(H,89,114)(H,90,115)(H,91,112)(H,92,111)(H,93,113)(H,94,117)(H,95,118)(H,96,119)(H,97,105)(H,98,116)(H,99,110)(H,106,107)(H,120,121)(H4,79,80,83)(H4,81,82,84)/t40-,41+,42+,44-,45-,46-,47-,48-,49-,50-,51-,52-,53-,59-,60-,61-/m0/s1. The second kappa shape index (κ2) is 56.1. The van der Waals surface area contributed by atoms with Crippen LogP contribution in [0.25, 0.3) is 0 Å². The predicted molar refractivity (Wildman–Crippen MR) is 448 cm³/mol. The topological polar surface area (TPSA) is 749 Å². The van der Waals surface area contributed by atoms with Crippen LogP contribution in [-0.4, -0.2) is 268 Å². The van der Waals surface area contributed by atoms with Gasteiger partial charge in [0.25, 0.3) is 0 Å². The van der Waals surface area contributed by atoms with E-state index in [2.05, 4.69) is 102 Å². The number of carboxylic acids is 2. The highest BCUT2D eigenvalue weighted by Gasteiger charge is 2.40. The van der Waals surface area contributed by atoms with E-state index in [1.54, 1.807) is 99.6 Å². The van der Waals surface area contributed by atoms with Gasteiger partial charge in [-0.1, -0.05) is 106 Å². The van der Waals surface area contributed by atoms with Gasteiger partial charge in [0.15, 0.2) is 11.9 Å². The first kappa shape index (κ1) is 108. The molecule has 1 aromatic carbocycles. The van der Waals surface area contributed by atoms with Crippen LogP contribution in [-0.2, 0) is 92.7 Å². The molecule has 122 heavy (non-hydrogen) atoms. The van der Waals surface area contributed by atoms with Gasteiger partial charge in [-0.2, -0.15) is 12.6 Å². The van der Waals surface area contributed by atoms with E-state index >= 15 is 0 Å². The van der Waals surface area contributed by atoms with E-state index in [-0.39, 0.29) is 106 Å². The molecule has 0 unspecified atom stereocenters. The summed E-state index contributed by atoms with van der Waals surface area (Å²) in [6.07, 6.45) is -5.99. The van der Waals surface area contributed by atoms with Crippen molar-refractivity contribution in [3.63, 3.8) is 0 Å². The van der Waals surface area contributed by atoms with Crippen LogP contribution in [0.15, 0.2) is 40.3 Å². The monoisotopic (exact) mass is 1750 g/mol. The number of aliphatic hydroxyl groups is 2. The Morgan fingerprint density at radius 3 is 1.13 bits per heavy atom. The summed E-state index contributed by atoms with van der Waals surface area (Å²) in [7, 11) is 0. The maximum Gasteiger partial charge on any atom is 0.326 e. The van der Waals surface area contributed by atoms with E-state index < -0.39 is 242 Å². The zero-order valence-corrected chi connectivity index (χ0v) is 72.0. The summed E-state index contributed by atoms with van der Waals surface area (Å²) >= 11 is 4.12. The largest absolute Gasteiger partial charge is 0.481 e. The smallest absolute Gasteiger partial charge is 0.326 e. The fourth-order valence-corrected chi connectivity index (χ4v) is 12.1. The molecule has 686 valence electrons. The lowest BCUT2D eigenvalue weighted by Crippen LogP contribution is -2.61. The molecular formula is C76H129N23O22S. The highest BCUT2D eigenvalue weighted by Crippen LogP contribution is 2.16. The minimum atomic E-state index is -2.08. The Labute approximate surface area is 713 Å². The fraction of sp³-hybridized carbons (Fsp3) is 0.658. The van der Waals surface area contributed by atoms with Gasteiger partial charge < -0.3 is 135 Å². The molecule has 0 fully saturated rings. The number of hydrogen-bond donors (Lipinski definition) is 26. The lowest BCUT2D eigenvalue weighted by molar-refractivity contribution is -0.142. The number of nitrogens with two attached hydrogens (primary N) is 6. The zero-order valence-electron chi connectivity index (χ0n) is 71.1. The van der Waals surface area contributed by atoms with Crippen LogP contribution in [0.3, 0.4) is 0 Å². The van der Waals surface area contributed by atoms with Gasteiger partial charge in [-0.15, -0.1) is 0 Å². The number of rotatable bonds is 58. The van der Waals surface area contributed by atoms with Gasteiger partial charge in [-0.25, -0.2) is 4.79 Å². The lowest BCUT2D eigenvalue weighted by Gasteiger charge is -2.29. The zero-order chi connectivity index (χ0) is 93.0. The molecule has 0 heterocycles. The van der Waals surface area contributed by atoms with Crippen molar-refractivity contribution in [2.24, 2.45) is 74.0 Å². The molecule has 0 spiro atoms. The van der Waals surface area contributed by atoms with Crippen LogP contribution < -0.4 is 114 Å². The Hall–Kier alpha value is -11.6. The van der Waals surface area contributed by atoms with Crippen LogP contribution >= 0.6 is 12.6 Å². The number of carbonyl (C=O) groups is 18. The van der Waals surface area contributed by atoms with E-state index in [0.717, 1.165) is 13.8 Å². The Morgan fingerprint density at radius 1 is 0.385 bits per heavy atom. The van der Waals surface area contributed by atoms with Crippen molar-refractivity contribution < 1.29 is 107 Å². The molecule has 46 heteroatoms. The van der Waals surface area contributed by atoms with E-state index in [9.17, 15) is 107 Å². The fourth-order valence-electron chi connectivity index (χ4n) is 11.9. The lowest BCUT2D eigenvalue weighted by atomic mass is 9.96. The molecule has 31 N–H and O–H groups in total. The first-order valence-electron chi connectivity index (χ1n) is 40.1. The van der Waals surface area contributed by atoms with Gasteiger partial charge in [0.1, 0.15) is 78.5 Å². The molecule has 0 bridgehead atoms. The molecule has 0 saturated heterocycles. The second-order valence-electron chi connectivity index (χ2n) is 31.1. The van der Waals surface area contributed by atoms with Crippen molar-refractivity contribution >= 4 is 131 Å². The normalized spacial score (nSPS) is 15.1. The minimum absolute atomic E-state index is 0.00994. The Balaban J connectivity index is 3.47. The molecule has 16 amide bonds. The van der Waals surface area contributed by atoms with Crippen LogP contribution in [0, 0.1) is 29.6 Å². The summed E-state index contributed by atoms with van der Waals surface area (Å²) in [5.41, 5.74) is 33.2. The molecule has 0 radical (unpaired) electrons. The highest BCUT2D eigenvalue weighted by molar-refractivity contribution is 7.80. The molecule has 0 aliphatic rings. The quantitative estimate of drug-likeness (QED) is 0.0125. The van der Waals surface area contributed by atoms with Crippen LogP contribution in [0.5, 0.6) is 0 Å². The molecule has 0 aromatic heterocycles. The average Bonchev–Trinajstić information content (AvgIpc) is 0.915. The molecule has 16 atom stereocenters. The number of guanidine groups is 2. The second-order valence-corrected chi connectivity index (χ2v) is 31.5. The van der Waals surface area contributed by atoms with Crippen molar-refractivity contribution in [2.45, 2.75) is 251 Å². The number of nitrogens with zero attached hydrogens (tertiary/aromatic N) is 2. The van der Waals surface area contributed by atoms with E-state index in [1.165, 1.54) is 0 Å². The van der Waals surface area contributed by atoms with Gasteiger partial charge in [0, 0.05) is 25.3 Å². The Morgan fingerprint density at radius 2 is 0.721 bits per heavy atom. The number of carboxylic acid groups (broad SMARTS) is 2. The highest BCUT2D eigenvalue weighted by atomic mass is 32.1. The number of primary amides is 1. The summed E-state index contributed by atoms with van der Waals surface area (Å²) in [6.45, 7) is 16.7. The number of hydrogen-bond acceptors (Lipinski definition) is 24. The molecule has 1 aromatic rings. The maximum absolute atomic E-state index is 14.3. The van der Waals surface area contributed by atoms with Gasteiger partial charge in [-0.05, 0) is 100 Å². The van der Waals surface area contributed by atoms with Crippen molar-refractivity contribution in [1.82, 2.24) is 79.8 Å². The SMILES string of the molecule is CC[C@H](C)[C@H](NC(=O)[C@H](CS)NC(=O)CN)C(=O)N[C@@H](CC(C)C)C(=O)N[C@@H](CC(N)=O)C(=O)NCC(=O)N[C@@H](CCCN=C(N)N)C(=O)N[C@H](C(=O)N[C@@H](CC(=O)O)C(=O)N[C@@H](CC(C)C)C(=O)NCC(=O)N[C@H](C(=O)N[C@@H](CC(C)C)C(=O)N[C@@H](CC(C)C)C(=O)N[C@@H](Cc1ccccc1)C(=O)N[C@@H](CCCN=C(N)N)C(=O)O)[C@@H](C)O)[C@@H](C)O.